The van der Waals surface area contributed by atoms with Gasteiger partial charge in [-0.2, -0.15) is 10.5 Å². The molecule has 126 valence electrons. The molecule has 0 spiro atoms. The number of nitro benzene ring substituents is 1. The minimum absolute atomic E-state index is 0.0745. The maximum absolute atomic E-state index is 10.9. The Hall–Kier alpha value is -3.97. The Morgan fingerprint density at radius 1 is 1.12 bits per heavy atom. The molecule has 0 unspecified atom stereocenters. The number of hydrogen-bond donors (Lipinski definition) is 0. The van der Waals surface area contributed by atoms with Crippen molar-refractivity contribution in [2.24, 2.45) is 0 Å². The number of hydrogen-bond acceptors (Lipinski definition) is 6. The van der Waals surface area contributed by atoms with Crippen LogP contribution in [-0.2, 0) is 6.54 Å². The molecule has 7 heteroatoms. The second-order valence-electron chi connectivity index (χ2n) is 5.76. The third-order valence-corrected chi connectivity index (χ3v) is 4.00. The molecule has 0 saturated carbocycles. The fourth-order valence-corrected chi connectivity index (χ4v) is 2.64. The number of nitriles is 2. The van der Waals surface area contributed by atoms with Crippen molar-refractivity contribution in [2.75, 3.05) is 11.9 Å². The number of fused-ring (bicyclic) bond motifs is 1. The molecule has 2 aromatic carbocycles. The van der Waals surface area contributed by atoms with E-state index in [4.69, 9.17) is 5.26 Å². The van der Waals surface area contributed by atoms with Crippen LogP contribution in [0.1, 0.15) is 16.7 Å². The van der Waals surface area contributed by atoms with Crippen LogP contribution >= 0.6 is 0 Å². The van der Waals surface area contributed by atoms with Crippen molar-refractivity contribution in [1.29, 1.82) is 10.5 Å². The van der Waals surface area contributed by atoms with Crippen LogP contribution in [0, 0.1) is 32.8 Å². The fraction of sp³-hybridized carbons (Fsp3) is 0.105. The molecule has 7 nitrogen and oxygen atoms in total. The lowest BCUT2D eigenvalue weighted by atomic mass is 10.1. The number of pyridine rings is 1. The number of nitrogens with zero attached hydrogens (tertiary/aromatic N) is 5. The van der Waals surface area contributed by atoms with Crippen LogP contribution in [-0.4, -0.2) is 17.0 Å². The molecule has 0 fully saturated rings. The van der Waals surface area contributed by atoms with Crippen LogP contribution in [0.5, 0.6) is 0 Å². The second kappa shape index (κ2) is 6.88. The van der Waals surface area contributed by atoms with E-state index in [1.807, 2.05) is 24.1 Å². The smallest absolute Gasteiger partial charge is 0.270 e. The Morgan fingerprint density at radius 3 is 2.46 bits per heavy atom. The first kappa shape index (κ1) is 16.9. The highest BCUT2D eigenvalue weighted by atomic mass is 16.6. The highest BCUT2D eigenvalue weighted by Gasteiger charge is 2.13. The van der Waals surface area contributed by atoms with E-state index in [-0.39, 0.29) is 5.69 Å². The standard InChI is InChI=1S/C19H13N5O2/c1-23(12-14-4-2-13(10-20)3-5-14)19-8-15(11-21)17-9-16(24(25)26)6-7-18(17)22-19/h2-9H,12H2,1H3. The number of non-ortho nitro benzene ring substituents is 1. The van der Waals surface area contributed by atoms with Gasteiger partial charge in [-0.05, 0) is 29.8 Å². The summed E-state index contributed by atoms with van der Waals surface area (Å²) in [6.45, 7) is 0.544. The minimum Gasteiger partial charge on any atom is -0.355 e. The Morgan fingerprint density at radius 2 is 1.85 bits per heavy atom. The van der Waals surface area contributed by atoms with Crippen LogP contribution < -0.4 is 4.90 Å². The molecule has 0 atom stereocenters. The van der Waals surface area contributed by atoms with E-state index in [0.29, 0.717) is 34.4 Å². The van der Waals surface area contributed by atoms with E-state index < -0.39 is 4.92 Å². The topological polar surface area (TPSA) is 107 Å². The maximum Gasteiger partial charge on any atom is 0.270 e. The van der Waals surface area contributed by atoms with Gasteiger partial charge in [0.15, 0.2) is 0 Å². The van der Waals surface area contributed by atoms with Crippen LogP contribution in [0.4, 0.5) is 11.5 Å². The number of anilines is 1. The van der Waals surface area contributed by atoms with Gasteiger partial charge in [0.25, 0.3) is 5.69 Å². The molecule has 0 N–H and O–H groups in total. The lowest BCUT2D eigenvalue weighted by molar-refractivity contribution is -0.384. The molecule has 1 aromatic heterocycles. The molecule has 1 heterocycles. The summed E-state index contributed by atoms with van der Waals surface area (Å²) in [5.74, 6) is 0.590. The van der Waals surface area contributed by atoms with Gasteiger partial charge >= 0.3 is 0 Å². The quantitative estimate of drug-likeness (QED) is 0.530. The van der Waals surface area contributed by atoms with Gasteiger partial charge in [0.1, 0.15) is 5.82 Å². The number of rotatable bonds is 4. The van der Waals surface area contributed by atoms with Gasteiger partial charge in [-0.15, -0.1) is 0 Å². The number of nitro groups is 1. The zero-order valence-electron chi connectivity index (χ0n) is 13.9. The average Bonchev–Trinajstić information content (AvgIpc) is 2.67. The summed E-state index contributed by atoms with van der Waals surface area (Å²) in [7, 11) is 1.85. The summed E-state index contributed by atoms with van der Waals surface area (Å²) in [5.41, 5.74) is 2.37. The van der Waals surface area contributed by atoms with Gasteiger partial charge in [-0.3, -0.25) is 10.1 Å². The molecule has 0 aliphatic carbocycles. The molecule has 0 aliphatic rings. The molecule has 0 bridgehead atoms. The number of benzene rings is 2. The summed E-state index contributed by atoms with van der Waals surface area (Å²) in [6, 6.07) is 17.3. The van der Waals surface area contributed by atoms with Gasteiger partial charge in [0.2, 0.25) is 0 Å². The van der Waals surface area contributed by atoms with E-state index in [2.05, 4.69) is 17.1 Å². The number of aromatic nitrogens is 1. The van der Waals surface area contributed by atoms with Crippen molar-refractivity contribution in [2.45, 2.75) is 6.54 Å². The van der Waals surface area contributed by atoms with E-state index in [1.165, 1.54) is 12.1 Å². The molecule has 26 heavy (non-hydrogen) atoms. The average molecular weight is 343 g/mol. The molecule has 0 saturated heterocycles. The van der Waals surface area contributed by atoms with E-state index in [1.54, 1.807) is 24.3 Å². The highest BCUT2D eigenvalue weighted by Crippen LogP contribution is 2.26. The summed E-state index contributed by atoms with van der Waals surface area (Å²) < 4.78 is 0. The summed E-state index contributed by atoms with van der Waals surface area (Å²) in [5, 5.41) is 29.7. The van der Waals surface area contributed by atoms with Gasteiger partial charge in [-0.25, -0.2) is 4.98 Å². The van der Waals surface area contributed by atoms with Gasteiger partial charge in [0.05, 0.1) is 33.7 Å². The van der Waals surface area contributed by atoms with Crippen molar-refractivity contribution in [3.05, 3.63) is 75.3 Å². The van der Waals surface area contributed by atoms with E-state index >= 15 is 0 Å². The molecule has 0 amide bonds. The van der Waals surface area contributed by atoms with Gasteiger partial charge in [-0.1, -0.05) is 12.1 Å². The largest absolute Gasteiger partial charge is 0.355 e. The predicted octanol–water partition coefficient (Wildman–Crippen LogP) is 3.52. The van der Waals surface area contributed by atoms with E-state index in [0.717, 1.165) is 5.56 Å². The van der Waals surface area contributed by atoms with Crippen LogP contribution in [0.3, 0.4) is 0 Å². The fourth-order valence-electron chi connectivity index (χ4n) is 2.64. The monoisotopic (exact) mass is 343 g/mol. The molecule has 3 aromatic rings. The van der Waals surface area contributed by atoms with Crippen molar-refractivity contribution < 1.29 is 4.92 Å². The minimum atomic E-state index is -0.495. The zero-order valence-corrected chi connectivity index (χ0v) is 13.9. The Balaban J connectivity index is 1.96. The lowest BCUT2D eigenvalue weighted by Crippen LogP contribution is -2.18. The third kappa shape index (κ3) is 3.28. The Labute approximate surface area is 149 Å². The van der Waals surface area contributed by atoms with Crippen LogP contribution in [0.25, 0.3) is 10.9 Å². The third-order valence-electron chi connectivity index (χ3n) is 4.00. The first-order valence-corrected chi connectivity index (χ1v) is 7.71. The molecular formula is C19H13N5O2. The first-order chi connectivity index (χ1) is 12.5. The van der Waals surface area contributed by atoms with Crippen molar-refractivity contribution >= 4 is 22.4 Å². The SMILES string of the molecule is CN(Cc1ccc(C#N)cc1)c1cc(C#N)c2cc([N+](=O)[O-])ccc2n1. The zero-order chi connectivity index (χ0) is 18.7. The van der Waals surface area contributed by atoms with Gasteiger partial charge in [0, 0.05) is 31.1 Å². The van der Waals surface area contributed by atoms with Gasteiger partial charge < -0.3 is 4.90 Å². The van der Waals surface area contributed by atoms with Crippen molar-refractivity contribution in [3.8, 4) is 12.1 Å². The Bertz CT molecular complexity index is 1080. The summed E-state index contributed by atoms with van der Waals surface area (Å²) in [4.78, 5) is 16.8. The molecule has 0 radical (unpaired) electrons. The normalized spacial score (nSPS) is 10.1. The van der Waals surface area contributed by atoms with Crippen LogP contribution in [0.15, 0.2) is 48.5 Å². The van der Waals surface area contributed by atoms with E-state index in [9.17, 15) is 15.4 Å². The lowest BCUT2D eigenvalue weighted by Gasteiger charge is -2.19. The molecular weight excluding hydrogens is 330 g/mol. The maximum atomic E-state index is 10.9. The second-order valence-corrected chi connectivity index (χ2v) is 5.76. The van der Waals surface area contributed by atoms with Crippen molar-refractivity contribution in [1.82, 2.24) is 4.98 Å². The Kier molecular flexibility index (Phi) is 4.46. The van der Waals surface area contributed by atoms with Crippen LogP contribution in [0.2, 0.25) is 0 Å². The highest BCUT2D eigenvalue weighted by molar-refractivity contribution is 5.88. The van der Waals surface area contributed by atoms with Crippen molar-refractivity contribution in [3.63, 3.8) is 0 Å². The first-order valence-electron chi connectivity index (χ1n) is 7.71. The summed E-state index contributed by atoms with van der Waals surface area (Å²) >= 11 is 0. The summed E-state index contributed by atoms with van der Waals surface area (Å²) in [6.07, 6.45) is 0. The molecule has 3 rings (SSSR count). The molecule has 0 aliphatic heterocycles. The predicted molar refractivity (Wildman–Crippen MR) is 96.4 cm³/mol.